The molecule has 0 aliphatic rings. The van der Waals surface area contributed by atoms with E-state index in [-0.39, 0.29) is 11.4 Å². The predicted molar refractivity (Wildman–Crippen MR) is 76.8 cm³/mol. The molecular formula is C12H17ClN2O3S. The Morgan fingerprint density at radius 3 is 2.32 bits per heavy atom. The minimum Gasteiger partial charge on any atom is -0.350 e. The SMILES string of the molecule is CCCCCS(=O)(=O)N(C(N)=O)c1ccc(Cl)cc1. The molecule has 0 aromatic heterocycles. The molecule has 19 heavy (non-hydrogen) atoms. The number of hydrogen-bond donors (Lipinski definition) is 1. The summed E-state index contributed by atoms with van der Waals surface area (Å²) in [5.41, 5.74) is 5.37. The normalized spacial score (nSPS) is 11.3. The number of benzene rings is 1. The monoisotopic (exact) mass is 304 g/mol. The minimum atomic E-state index is -3.74. The van der Waals surface area contributed by atoms with Gasteiger partial charge in [-0.25, -0.2) is 13.2 Å². The number of nitrogens with two attached hydrogens (primary N) is 1. The minimum absolute atomic E-state index is 0.105. The summed E-state index contributed by atoms with van der Waals surface area (Å²) in [5, 5.41) is 0.455. The summed E-state index contributed by atoms with van der Waals surface area (Å²) in [5.74, 6) is -0.105. The molecule has 0 saturated heterocycles. The number of sulfonamides is 1. The smallest absolute Gasteiger partial charge is 0.333 e. The third-order valence-corrected chi connectivity index (χ3v) is 4.55. The van der Waals surface area contributed by atoms with Gasteiger partial charge in [-0.15, -0.1) is 0 Å². The van der Waals surface area contributed by atoms with Crippen molar-refractivity contribution in [2.45, 2.75) is 26.2 Å². The number of rotatable bonds is 6. The van der Waals surface area contributed by atoms with E-state index in [0.717, 1.165) is 12.8 Å². The van der Waals surface area contributed by atoms with E-state index in [4.69, 9.17) is 17.3 Å². The van der Waals surface area contributed by atoms with Crippen molar-refractivity contribution in [1.82, 2.24) is 0 Å². The van der Waals surface area contributed by atoms with Crippen LogP contribution in [-0.4, -0.2) is 20.2 Å². The van der Waals surface area contributed by atoms with Crippen molar-refractivity contribution in [2.75, 3.05) is 10.1 Å². The fraction of sp³-hybridized carbons (Fsp3) is 0.417. The van der Waals surface area contributed by atoms with Gasteiger partial charge in [-0.3, -0.25) is 0 Å². The molecule has 0 heterocycles. The molecule has 2 N–H and O–H groups in total. The average Bonchev–Trinajstić information content (AvgIpc) is 2.31. The molecule has 0 atom stereocenters. The summed E-state index contributed by atoms with van der Waals surface area (Å²) in [6.45, 7) is 1.97. The van der Waals surface area contributed by atoms with Crippen LogP contribution < -0.4 is 10.0 Å². The Morgan fingerprint density at radius 1 is 1.26 bits per heavy atom. The van der Waals surface area contributed by atoms with E-state index in [1.807, 2.05) is 6.92 Å². The fourth-order valence-electron chi connectivity index (χ4n) is 1.63. The van der Waals surface area contributed by atoms with Crippen LogP contribution in [0, 0.1) is 0 Å². The molecule has 106 valence electrons. The van der Waals surface area contributed by atoms with Crippen LogP contribution in [0.15, 0.2) is 24.3 Å². The van der Waals surface area contributed by atoms with E-state index in [9.17, 15) is 13.2 Å². The highest BCUT2D eigenvalue weighted by Crippen LogP contribution is 2.21. The predicted octanol–water partition coefficient (Wildman–Crippen LogP) is 2.75. The maximum Gasteiger partial charge on any atom is 0.333 e. The molecule has 0 radical (unpaired) electrons. The summed E-state index contributed by atoms with van der Waals surface area (Å²) < 4.78 is 24.9. The molecule has 2 amide bonds. The second-order valence-corrected chi connectivity index (χ2v) is 6.48. The lowest BCUT2D eigenvalue weighted by Gasteiger charge is -2.20. The van der Waals surface area contributed by atoms with Gasteiger partial charge in [0.05, 0.1) is 11.4 Å². The van der Waals surface area contributed by atoms with Crippen LogP contribution >= 0.6 is 11.6 Å². The van der Waals surface area contributed by atoms with E-state index in [1.165, 1.54) is 24.3 Å². The van der Waals surface area contributed by atoms with Gasteiger partial charge in [-0.1, -0.05) is 31.4 Å². The summed E-state index contributed by atoms with van der Waals surface area (Å²) in [7, 11) is -3.74. The Morgan fingerprint density at radius 2 is 1.84 bits per heavy atom. The summed E-state index contributed by atoms with van der Waals surface area (Å²) in [6, 6.07) is 4.90. The largest absolute Gasteiger partial charge is 0.350 e. The molecule has 0 aliphatic carbocycles. The second-order valence-electron chi connectivity index (χ2n) is 4.10. The highest BCUT2D eigenvalue weighted by atomic mass is 35.5. The molecule has 0 saturated carbocycles. The molecule has 0 bridgehead atoms. The standard InChI is InChI=1S/C12H17ClN2O3S/c1-2-3-4-9-19(17,18)15(12(14)16)11-7-5-10(13)6-8-11/h5-8H,2-4,9H2,1H3,(H2,14,16). The summed E-state index contributed by atoms with van der Waals surface area (Å²) in [6.07, 6.45) is 2.18. The number of unbranched alkanes of at least 4 members (excludes halogenated alkanes) is 2. The van der Waals surface area contributed by atoms with Crippen molar-refractivity contribution in [3.63, 3.8) is 0 Å². The van der Waals surface area contributed by atoms with Crippen LogP contribution in [0.2, 0.25) is 5.02 Å². The fourth-order valence-corrected chi connectivity index (χ4v) is 3.22. The van der Waals surface area contributed by atoms with Gasteiger partial charge in [0.1, 0.15) is 0 Å². The molecule has 1 aromatic carbocycles. The van der Waals surface area contributed by atoms with Crippen LogP contribution in [0.25, 0.3) is 0 Å². The van der Waals surface area contributed by atoms with Crippen LogP contribution in [0.1, 0.15) is 26.2 Å². The Hall–Kier alpha value is -1.27. The average molecular weight is 305 g/mol. The number of hydrogen-bond acceptors (Lipinski definition) is 3. The number of nitrogens with zero attached hydrogens (tertiary/aromatic N) is 1. The first-order valence-electron chi connectivity index (χ1n) is 5.96. The van der Waals surface area contributed by atoms with Crippen LogP contribution in [-0.2, 0) is 10.0 Å². The van der Waals surface area contributed by atoms with Crippen LogP contribution in [0.4, 0.5) is 10.5 Å². The van der Waals surface area contributed by atoms with Crippen molar-refractivity contribution in [1.29, 1.82) is 0 Å². The molecular weight excluding hydrogens is 288 g/mol. The molecule has 0 spiro atoms. The van der Waals surface area contributed by atoms with Gasteiger partial charge >= 0.3 is 6.03 Å². The quantitative estimate of drug-likeness (QED) is 0.821. The van der Waals surface area contributed by atoms with Crippen molar-refractivity contribution in [2.24, 2.45) is 5.73 Å². The van der Waals surface area contributed by atoms with Gasteiger partial charge in [-0.2, -0.15) is 4.31 Å². The van der Waals surface area contributed by atoms with Crippen molar-refractivity contribution >= 4 is 33.3 Å². The lowest BCUT2D eigenvalue weighted by Crippen LogP contribution is -2.42. The third-order valence-electron chi connectivity index (χ3n) is 2.55. The number of anilines is 1. The second kappa shape index (κ2) is 6.77. The van der Waals surface area contributed by atoms with E-state index in [1.54, 1.807) is 0 Å². The Bertz CT molecular complexity index is 528. The molecule has 1 aromatic rings. The van der Waals surface area contributed by atoms with Gasteiger partial charge in [0.25, 0.3) is 0 Å². The maximum absolute atomic E-state index is 12.1. The van der Waals surface area contributed by atoms with E-state index in [2.05, 4.69) is 0 Å². The van der Waals surface area contributed by atoms with Crippen molar-refractivity contribution < 1.29 is 13.2 Å². The summed E-state index contributed by atoms with van der Waals surface area (Å²) >= 11 is 5.73. The maximum atomic E-state index is 12.1. The third kappa shape index (κ3) is 4.40. The molecule has 0 unspecified atom stereocenters. The Labute approximate surface area is 118 Å². The topological polar surface area (TPSA) is 80.5 Å². The number of amides is 2. The Balaban J connectivity index is 3.00. The van der Waals surface area contributed by atoms with Crippen LogP contribution in [0.5, 0.6) is 0 Å². The summed E-state index contributed by atoms with van der Waals surface area (Å²) in [4.78, 5) is 11.4. The first kappa shape index (κ1) is 15.8. The van der Waals surface area contributed by atoms with E-state index in [0.29, 0.717) is 15.7 Å². The lowest BCUT2D eigenvalue weighted by molar-refractivity contribution is 0.257. The highest BCUT2D eigenvalue weighted by molar-refractivity contribution is 7.93. The van der Waals surface area contributed by atoms with E-state index < -0.39 is 16.1 Å². The van der Waals surface area contributed by atoms with Gasteiger partial charge < -0.3 is 5.73 Å². The molecule has 7 heteroatoms. The van der Waals surface area contributed by atoms with Gasteiger partial charge in [0.2, 0.25) is 10.0 Å². The van der Waals surface area contributed by atoms with Crippen LogP contribution in [0.3, 0.4) is 0 Å². The molecule has 5 nitrogen and oxygen atoms in total. The zero-order valence-electron chi connectivity index (χ0n) is 10.7. The number of carbonyl (C=O) groups is 1. The zero-order chi connectivity index (χ0) is 14.5. The van der Waals surface area contributed by atoms with Gasteiger partial charge in [-0.05, 0) is 30.7 Å². The molecule has 0 aliphatic heterocycles. The van der Waals surface area contributed by atoms with Gasteiger partial charge in [0.15, 0.2) is 0 Å². The first-order valence-corrected chi connectivity index (χ1v) is 7.95. The van der Waals surface area contributed by atoms with E-state index >= 15 is 0 Å². The highest BCUT2D eigenvalue weighted by Gasteiger charge is 2.26. The van der Waals surface area contributed by atoms with Crippen molar-refractivity contribution in [3.05, 3.63) is 29.3 Å². The Kier molecular flexibility index (Phi) is 5.62. The number of carbonyl (C=O) groups excluding carboxylic acids is 1. The molecule has 1 rings (SSSR count). The zero-order valence-corrected chi connectivity index (χ0v) is 12.2. The van der Waals surface area contributed by atoms with Crippen molar-refractivity contribution in [3.8, 4) is 0 Å². The molecule has 0 fully saturated rings. The lowest BCUT2D eigenvalue weighted by atomic mass is 10.3. The number of primary amides is 1. The number of halogens is 1. The number of urea groups is 1. The first-order chi connectivity index (χ1) is 8.88. The van der Waals surface area contributed by atoms with Gasteiger partial charge in [0, 0.05) is 5.02 Å².